The van der Waals surface area contributed by atoms with Crippen LogP contribution >= 0.6 is 0 Å². The molecule has 0 bridgehead atoms. The van der Waals surface area contributed by atoms with Crippen molar-refractivity contribution < 1.29 is 4.84 Å². The van der Waals surface area contributed by atoms with Crippen molar-refractivity contribution in [3.05, 3.63) is 66.2 Å². The standard InChI is InChI=1S/C23H28N2O/c1-3-11-19(12-4-1)22-21-15-7-8-16-23(21,24-17-9-10-18-24)26-25(22)20-13-5-2-6-14-20/h1-6,11-14,21-22H,7-10,15-18H2/t21-,22-,23-/m1/s1. The van der Waals surface area contributed by atoms with Gasteiger partial charge in [-0.2, -0.15) is 0 Å². The molecule has 0 spiro atoms. The van der Waals surface area contributed by atoms with Crippen molar-refractivity contribution in [1.82, 2.24) is 4.90 Å². The van der Waals surface area contributed by atoms with Gasteiger partial charge in [-0.1, -0.05) is 55.0 Å². The van der Waals surface area contributed by atoms with Crippen LogP contribution in [0.3, 0.4) is 0 Å². The Hall–Kier alpha value is -1.84. The molecule has 1 saturated carbocycles. The number of hydroxylamine groups is 1. The molecule has 2 saturated heterocycles. The molecule has 26 heavy (non-hydrogen) atoms. The predicted octanol–water partition coefficient (Wildman–Crippen LogP) is 5.16. The molecule has 3 nitrogen and oxygen atoms in total. The van der Waals surface area contributed by atoms with Crippen LogP contribution in [0.4, 0.5) is 5.69 Å². The molecule has 3 fully saturated rings. The van der Waals surface area contributed by atoms with E-state index in [1.54, 1.807) is 0 Å². The van der Waals surface area contributed by atoms with Crippen molar-refractivity contribution >= 4 is 5.69 Å². The van der Waals surface area contributed by atoms with E-state index in [1.807, 2.05) is 0 Å². The summed E-state index contributed by atoms with van der Waals surface area (Å²) < 4.78 is 0. The molecule has 5 rings (SSSR count). The van der Waals surface area contributed by atoms with Crippen molar-refractivity contribution in [2.45, 2.75) is 50.3 Å². The first-order chi connectivity index (χ1) is 12.9. The van der Waals surface area contributed by atoms with Crippen LogP contribution in [0.2, 0.25) is 0 Å². The third-order valence-electron chi connectivity index (χ3n) is 6.56. The van der Waals surface area contributed by atoms with Gasteiger partial charge in [0.05, 0.1) is 11.7 Å². The molecule has 0 unspecified atom stereocenters. The van der Waals surface area contributed by atoms with E-state index in [4.69, 9.17) is 4.84 Å². The van der Waals surface area contributed by atoms with Crippen LogP contribution < -0.4 is 5.06 Å². The maximum Gasteiger partial charge on any atom is 0.154 e. The van der Waals surface area contributed by atoms with Crippen LogP contribution in [0, 0.1) is 5.92 Å². The van der Waals surface area contributed by atoms with Gasteiger partial charge in [0.2, 0.25) is 0 Å². The number of benzene rings is 2. The smallest absolute Gasteiger partial charge is 0.154 e. The van der Waals surface area contributed by atoms with Gasteiger partial charge in [-0.05, 0) is 49.8 Å². The molecular formula is C23H28N2O. The molecular weight excluding hydrogens is 320 g/mol. The van der Waals surface area contributed by atoms with E-state index in [0.717, 1.165) is 6.42 Å². The lowest BCUT2D eigenvalue weighted by molar-refractivity contribution is -0.161. The van der Waals surface area contributed by atoms with E-state index in [-0.39, 0.29) is 5.72 Å². The number of hydrogen-bond acceptors (Lipinski definition) is 3. The Balaban J connectivity index is 1.61. The molecule has 0 N–H and O–H groups in total. The Labute approximate surface area is 156 Å². The maximum absolute atomic E-state index is 6.95. The zero-order valence-electron chi connectivity index (χ0n) is 15.4. The second-order valence-electron chi connectivity index (χ2n) is 8.00. The summed E-state index contributed by atoms with van der Waals surface area (Å²) >= 11 is 0. The van der Waals surface area contributed by atoms with Gasteiger partial charge < -0.3 is 0 Å². The topological polar surface area (TPSA) is 15.7 Å². The minimum Gasteiger partial charge on any atom is -0.273 e. The first kappa shape index (κ1) is 16.3. The third kappa shape index (κ3) is 2.57. The zero-order chi connectivity index (χ0) is 17.4. The number of hydrogen-bond donors (Lipinski definition) is 0. The van der Waals surface area contributed by atoms with E-state index in [0.29, 0.717) is 12.0 Å². The van der Waals surface area contributed by atoms with Crippen LogP contribution in [0.1, 0.15) is 50.1 Å². The van der Waals surface area contributed by atoms with Crippen molar-refractivity contribution in [3.8, 4) is 0 Å². The van der Waals surface area contributed by atoms with Crippen LogP contribution in [-0.2, 0) is 4.84 Å². The van der Waals surface area contributed by atoms with Gasteiger partial charge >= 0.3 is 0 Å². The Morgan fingerprint density at radius 1 is 0.808 bits per heavy atom. The fourth-order valence-electron chi connectivity index (χ4n) is 5.41. The molecule has 3 heteroatoms. The second kappa shape index (κ2) is 6.71. The SMILES string of the molecule is c1ccc([C@@H]2[C@H]3CCCC[C@@]3(N3CCCC3)ON2c2ccccc2)cc1. The van der Waals surface area contributed by atoms with Gasteiger partial charge in [-0.15, -0.1) is 0 Å². The minimum atomic E-state index is -0.120. The van der Waals surface area contributed by atoms with Crippen LogP contribution in [0.15, 0.2) is 60.7 Å². The summed E-state index contributed by atoms with van der Waals surface area (Å²) in [5.41, 5.74) is 2.43. The lowest BCUT2D eigenvalue weighted by Crippen LogP contribution is -2.53. The van der Waals surface area contributed by atoms with Gasteiger partial charge in [0, 0.05) is 19.0 Å². The predicted molar refractivity (Wildman–Crippen MR) is 105 cm³/mol. The average Bonchev–Trinajstić information content (AvgIpc) is 3.36. The minimum absolute atomic E-state index is 0.120. The zero-order valence-corrected chi connectivity index (χ0v) is 15.4. The Morgan fingerprint density at radius 3 is 2.23 bits per heavy atom. The fraction of sp³-hybridized carbons (Fsp3) is 0.478. The number of para-hydroxylation sites is 1. The fourth-order valence-corrected chi connectivity index (χ4v) is 5.41. The molecule has 2 aromatic rings. The third-order valence-corrected chi connectivity index (χ3v) is 6.56. The first-order valence-electron chi connectivity index (χ1n) is 10.2. The van der Waals surface area contributed by atoms with Crippen molar-refractivity contribution in [2.75, 3.05) is 18.2 Å². The molecule has 2 heterocycles. The van der Waals surface area contributed by atoms with E-state index >= 15 is 0 Å². The highest BCUT2D eigenvalue weighted by Gasteiger charge is 2.59. The number of fused-ring (bicyclic) bond motifs is 1. The highest BCUT2D eigenvalue weighted by Crippen LogP contribution is 2.55. The van der Waals surface area contributed by atoms with E-state index in [2.05, 4.69) is 70.6 Å². The van der Waals surface area contributed by atoms with Crippen molar-refractivity contribution in [3.63, 3.8) is 0 Å². The molecule has 2 aromatic carbocycles. The lowest BCUT2D eigenvalue weighted by Gasteiger charge is -2.44. The van der Waals surface area contributed by atoms with E-state index in [9.17, 15) is 0 Å². The lowest BCUT2D eigenvalue weighted by atomic mass is 9.75. The second-order valence-corrected chi connectivity index (χ2v) is 8.00. The molecule has 0 radical (unpaired) electrons. The van der Waals surface area contributed by atoms with Crippen molar-refractivity contribution in [2.24, 2.45) is 5.92 Å². The Kier molecular flexibility index (Phi) is 4.22. The van der Waals surface area contributed by atoms with Gasteiger partial charge in [0.15, 0.2) is 5.72 Å². The summed E-state index contributed by atoms with van der Waals surface area (Å²) in [6, 6.07) is 22.0. The summed E-state index contributed by atoms with van der Waals surface area (Å²) in [5, 5.41) is 2.24. The molecule has 0 amide bonds. The Bertz CT molecular complexity index is 728. The molecule has 0 aromatic heterocycles. The van der Waals surface area contributed by atoms with Crippen LogP contribution in [0.25, 0.3) is 0 Å². The highest BCUT2D eigenvalue weighted by atomic mass is 16.7. The summed E-state index contributed by atoms with van der Waals surface area (Å²) in [6.45, 7) is 2.36. The molecule has 136 valence electrons. The largest absolute Gasteiger partial charge is 0.273 e. The maximum atomic E-state index is 6.95. The van der Waals surface area contributed by atoms with Gasteiger partial charge in [-0.25, -0.2) is 9.90 Å². The number of likely N-dealkylation sites (tertiary alicyclic amines) is 1. The van der Waals surface area contributed by atoms with Crippen LogP contribution in [-0.4, -0.2) is 23.7 Å². The quantitative estimate of drug-likeness (QED) is 0.762. The number of nitrogens with zero attached hydrogens (tertiary/aromatic N) is 2. The molecule has 2 aliphatic heterocycles. The summed E-state index contributed by atoms with van der Waals surface area (Å²) in [5.74, 6) is 0.525. The average molecular weight is 348 g/mol. The number of rotatable bonds is 3. The normalized spacial score (nSPS) is 31.9. The van der Waals surface area contributed by atoms with E-state index < -0.39 is 0 Å². The van der Waals surface area contributed by atoms with E-state index in [1.165, 1.54) is 56.4 Å². The van der Waals surface area contributed by atoms with Gasteiger partial charge in [0.1, 0.15) is 0 Å². The molecule has 3 aliphatic rings. The summed E-state index contributed by atoms with van der Waals surface area (Å²) in [7, 11) is 0. The van der Waals surface area contributed by atoms with Gasteiger partial charge in [0.25, 0.3) is 0 Å². The van der Waals surface area contributed by atoms with Crippen LogP contribution in [0.5, 0.6) is 0 Å². The number of anilines is 1. The summed E-state index contributed by atoms with van der Waals surface area (Å²) in [4.78, 5) is 9.61. The highest BCUT2D eigenvalue weighted by molar-refractivity contribution is 5.48. The monoisotopic (exact) mass is 348 g/mol. The van der Waals surface area contributed by atoms with Gasteiger partial charge in [-0.3, -0.25) is 4.90 Å². The summed E-state index contributed by atoms with van der Waals surface area (Å²) in [6.07, 6.45) is 7.61. The Morgan fingerprint density at radius 2 is 1.50 bits per heavy atom. The van der Waals surface area contributed by atoms with Crippen molar-refractivity contribution in [1.29, 1.82) is 0 Å². The first-order valence-corrected chi connectivity index (χ1v) is 10.2. The molecule has 1 aliphatic carbocycles. The molecule has 3 atom stereocenters.